The SMILES string of the molecule is CC(C)n1nccc1C(=O)N[C@H](C(=O)Nc1ccc(-c2c(C3CC3)ncn2COCC[Si](C)(C)C)cc1)C(C1CC1)C1CC1.CC(C)n1nccc1C(=O)N[C@H](C(=O)Nc1ccc(-c2ncn(COCC[Si](C)(C)C)c2C2CC2)cc1)C(C1CC1)C1CC1. The van der Waals surface area contributed by atoms with Crippen molar-refractivity contribution in [1.82, 2.24) is 49.3 Å². The molecule has 0 radical (unpaired) electrons. The maximum absolute atomic E-state index is 13.9. The van der Waals surface area contributed by atoms with Crippen LogP contribution >= 0.6 is 0 Å². The minimum absolute atomic E-state index is 0.0488. The van der Waals surface area contributed by atoms with E-state index in [1.807, 2.05) is 76.7 Å². The Kier molecular flexibility index (Phi) is 19.3. The van der Waals surface area contributed by atoms with Crippen LogP contribution in [-0.2, 0) is 32.5 Å². The van der Waals surface area contributed by atoms with Crippen LogP contribution in [0, 0.1) is 35.5 Å². The third kappa shape index (κ3) is 16.3. The number of nitrogens with one attached hydrogen (secondary N) is 4. The van der Waals surface area contributed by atoms with E-state index in [9.17, 15) is 19.2 Å². The van der Waals surface area contributed by atoms with Crippen molar-refractivity contribution in [3.8, 4) is 22.5 Å². The minimum atomic E-state index is -1.16. The lowest BCUT2D eigenvalue weighted by Crippen LogP contribution is -2.50. The van der Waals surface area contributed by atoms with Crippen LogP contribution in [0.5, 0.6) is 0 Å². The Hall–Kier alpha value is -6.49. The molecule has 6 aliphatic rings. The zero-order valence-corrected chi connectivity index (χ0v) is 55.8. The Morgan fingerprint density at radius 2 is 0.932 bits per heavy atom. The molecule has 6 aliphatic carbocycles. The highest BCUT2D eigenvalue weighted by atomic mass is 28.3. The van der Waals surface area contributed by atoms with Crippen molar-refractivity contribution in [2.45, 2.75) is 206 Å². The zero-order valence-electron chi connectivity index (χ0n) is 53.8. The standard InChI is InChI=1S/2C34H48N6O3Si/c1-22(2)40-28(16-17-36-40)33(41)38-31(29(23-6-7-23)24-8-9-24)34(42)37-27-14-12-25(13-15-27)30-32(26-10-11-26)39(20-35-30)21-43-18-19-44(3,4)5;1-22(2)40-28(16-17-36-40)33(41)38-31(29(23-6-7-23)24-8-9-24)34(42)37-27-14-12-26(13-15-27)32-30(25-10-11-25)35-20-39(32)21-43-18-19-44(3,4)5/h12-17,20,22-24,26,29,31H,6-11,18-19,21H2,1-5H3,(H,37,42)(H,38,41);12-17,20,22-25,29,31H,6-11,18-19,21H2,1-5H3,(H,37,42)(H,38,41)/t2*31-/m00/s1. The van der Waals surface area contributed by atoms with Crippen LogP contribution in [-0.4, -0.2) is 104 Å². The number of nitrogens with zero attached hydrogens (tertiary/aromatic N) is 8. The van der Waals surface area contributed by atoms with Gasteiger partial charge in [-0.05, 0) is 189 Å². The Morgan fingerprint density at radius 1 is 0.523 bits per heavy atom. The molecular formula is C68H96N12O6Si2. The highest BCUT2D eigenvalue weighted by Crippen LogP contribution is 2.52. The first-order valence-electron chi connectivity index (χ1n) is 32.9. The first kappa shape index (κ1) is 63.1. The molecule has 0 saturated heterocycles. The number of carbonyl (C=O) groups excluding carboxylic acids is 4. The first-order chi connectivity index (χ1) is 42.2. The van der Waals surface area contributed by atoms with E-state index in [0.717, 1.165) is 116 Å². The molecule has 2 atom stereocenters. The molecule has 4 N–H and O–H groups in total. The summed E-state index contributed by atoms with van der Waals surface area (Å²) >= 11 is 0. The minimum Gasteiger partial charge on any atom is -0.361 e. The van der Waals surface area contributed by atoms with Crippen molar-refractivity contribution in [2.75, 3.05) is 23.8 Å². The highest BCUT2D eigenvalue weighted by molar-refractivity contribution is 6.76. The molecule has 0 unspecified atom stereocenters. The van der Waals surface area contributed by atoms with Crippen LogP contribution in [0.4, 0.5) is 11.4 Å². The Bertz CT molecular complexity index is 3340. The van der Waals surface area contributed by atoms with Gasteiger partial charge >= 0.3 is 0 Å². The quantitative estimate of drug-likeness (QED) is 0.0248. The second-order valence-electron chi connectivity index (χ2n) is 29.2. The average Bonchev–Trinajstić information content (AvgIpc) is 1.95. The van der Waals surface area contributed by atoms with Crippen LogP contribution in [0.25, 0.3) is 22.5 Å². The van der Waals surface area contributed by atoms with Crippen LogP contribution in [0.1, 0.15) is 161 Å². The lowest BCUT2D eigenvalue weighted by Gasteiger charge is -2.28. The van der Waals surface area contributed by atoms with E-state index in [4.69, 9.17) is 19.4 Å². The molecule has 6 fully saturated rings. The number of hydrogen-bond donors (Lipinski definition) is 4. The number of anilines is 2. The van der Waals surface area contributed by atoms with Gasteiger partial charge in [-0.1, -0.05) is 63.5 Å². The van der Waals surface area contributed by atoms with E-state index in [2.05, 4.69) is 92.0 Å². The fourth-order valence-electron chi connectivity index (χ4n) is 12.6. The second-order valence-corrected chi connectivity index (χ2v) is 40.4. The van der Waals surface area contributed by atoms with Crippen LogP contribution < -0.4 is 21.3 Å². The third-order valence-corrected chi connectivity index (χ3v) is 21.7. The van der Waals surface area contributed by atoms with Crippen LogP contribution in [0.2, 0.25) is 51.4 Å². The van der Waals surface area contributed by atoms with Crippen molar-refractivity contribution >= 4 is 51.2 Å². The summed E-state index contributed by atoms with van der Waals surface area (Å²) in [4.78, 5) is 64.3. The topological polar surface area (TPSA) is 206 Å². The van der Waals surface area contributed by atoms with Gasteiger partial charge in [0, 0.05) is 88.2 Å². The second kappa shape index (κ2) is 26.9. The van der Waals surface area contributed by atoms with Crippen molar-refractivity contribution in [1.29, 1.82) is 0 Å². The summed E-state index contributed by atoms with van der Waals surface area (Å²) in [5.74, 6) is 2.52. The van der Waals surface area contributed by atoms with E-state index < -0.39 is 28.2 Å². The zero-order chi connectivity index (χ0) is 62.0. The van der Waals surface area contributed by atoms with E-state index in [-0.39, 0.29) is 47.5 Å². The van der Waals surface area contributed by atoms with Gasteiger partial charge in [-0.15, -0.1) is 0 Å². The van der Waals surface area contributed by atoms with Gasteiger partial charge in [0.05, 0.1) is 35.4 Å². The summed E-state index contributed by atoms with van der Waals surface area (Å²) < 4.78 is 19.9. The van der Waals surface area contributed by atoms with E-state index in [1.165, 1.54) is 31.4 Å². The van der Waals surface area contributed by atoms with Crippen molar-refractivity contribution < 1.29 is 28.7 Å². The average molecular weight is 1230 g/mol. The molecular weight excluding hydrogens is 1140 g/mol. The van der Waals surface area contributed by atoms with Gasteiger partial charge in [0.15, 0.2) is 0 Å². The number of aromatic nitrogens is 8. The monoisotopic (exact) mass is 1230 g/mol. The number of ether oxygens (including phenoxy) is 2. The van der Waals surface area contributed by atoms with Gasteiger partial charge in [-0.25, -0.2) is 9.97 Å². The lowest BCUT2D eigenvalue weighted by molar-refractivity contribution is -0.120. The van der Waals surface area contributed by atoms with Gasteiger partial charge in [0.2, 0.25) is 11.8 Å². The van der Waals surface area contributed by atoms with Crippen molar-refractivity contribution in [2.24, 2.45) is 35.5 Å². The summed E-state index contributed by atoms with van der Waals surface area (Å²) in [6, 6.07) is 20.7. The van der Waals surface area contributed by atoms with Gasteiger partial charge in [0.1, 0.15) is 36.9 Å². The molecule has 4 heterocycles. The molecule has 20 heteroatoms. The number of amides is 4. The molecule has 6 aromatic rings. The first-order valence-corrected chi connectivity index (χ1v) is 40.4. The van der Waals surface area contributed by atoms with Gasteiger partial charge < -0.3 is 39.9 Å². The molecule has 88 heavy (non-hydrogen) atoms. The van der Waals surface area contributed by atoms with Crippen LogP contribution in [0.15, 0.2) is 85.7 Å². The molecule has 0 bridgehead atoms. The lowest BCUT2D eigenvalue weighted by atomic mass is 9.88. The van der Waals surface area contributed by atoms with Gasteiger partial charge in [0.25, 0.3) is 11.8 Å². The number of hydrogen-bond acceptors (Lipinski definition) is 10. The molecule has 4 aromatic heterocycles. The fraction of sp³-hybridized carbons (Fsp3) is 0.588. The summed E-state index contributed by atoms with van der Waals surface area (Å²) in [6.45, 7) is 24.7. The summed E-state index contributed by atoms with van der Waals surface area (Å²) in [7, 11) is -2.29. The molecule has 2 aromatic carbocycles. The van der Waals surface area contributed by atoms with Gasteiger partial charge in [-0.2, -0.15) is 10.2 Å². The summed E-state index contributed by atoms with van der Waals surface area (Å²) in [5, 5.41) is 21.2. The fourth-order valence-corrected chi connectivity index (χ4v) is 14.1. The molecule has 12 rings (SSSR count). The number of imidazole rings is 2. The molecule has 6 saturated carbocycles. The molecule has 0 aliphatic heterocycles. The number of rotatable bonds is 30. The molecule has 472 valence electrons. The Balaban J connectivity index is 0.000000182. The Morgan fingerprint density at radius 3 is 1.33 bits per heavy atom. The normalized spacial score (nSPS) is 17.7. The molecule has 4 amide bonds. The summed E-state index contributed by atoms with van der Waals surface area (Å²) in [6.07, 6.45) is 20.8. The highest BCUT2D eigenvalue weighted by Gasteiger charge is 2.50. The van der Waals surface area contributed by atoms with E-state index in [1.54, 1.807) is 33.9 Å². The van der Waals surface area contributed by atoms with Crippen LogP contribution in [0.3, 0.4) is 0 Å². The van der Waals surface area contributed by atoms with E-state index in [0.29, 0.717) is 60.4 Å². The van der Waals surface area contributed by atoms with Gasteiger partial charge in [-0.3, -0.25) is 28.5 Å². The maximum atomic E-state index is 13.9. The maximum Gasteiger partial charge on any atom is 0.270 e. The number of carbonyl (C=O) groups is 4. The summed E-state index contributed by atoms with van der Waals surface area (Å²) in [5.41, 5.74) is 8.99. The number of benzene rings is 2. The largest absolute Gasteiger partial charge is 0.361 e. The predicted octanol–water partition coefficient (Wildman–Crippen LogP) is 13.4. The third-order valence-electron chi connectivity index (χ3n) is 18.3. The van der Waals surface area contributed by atoms with E-state index >= 15 is 0 Å². The van der Waals surface area contributed by atoms with Crippen molar-refractivity contribution in [3.63, 3.8) is 0 Å². The molecule has 18 nitrogen and oxygen atoms in total. The Labute approximate surface area is 522 Å². The van der Waals surface area contributed by atoms with Crippen molar-refractivity contribution in [3.05, 3.63) is 108 Å². The smallest absolute Gasteiger partial charge is 0.270 e. The molecule has 0 spiro atoms. The predicted molar refractivity (Wildman–Crippen MR) is 350 cm³/mol.